The molecule has 0 radical (unpaired) electrons. The Bertz CT molecular complexity index is 445. The predicted octanol–water partition coefficient (Wildman–Crippen LogP) is 2.06. The molecule has 0 spiro atoms. The molecule has 1 heterocycles. The zero-order chi connectivity index (χ0) is 13.1. The highest BCUT2D eigenvalue weighted by Crippen LogP contribution is 2.14. The minimum Gasteiger partial charge on any atom is -0.300 e. The molecule has 1 atom stereocenters. The third kappa shape index (κ3) is 2.82. The van der Waals surface area contributed by atoms with E-state index in [1.54, 1.807) is 0 Å². The van der Waals surface area contributed by atoms with E-state index in [2.05, 4.69) is 0 Å². The van der Waals surface area contributed by atoms with Crippen LogP contribution in [0.1, 0.15) is 30.1 Å². The van der Waals surface area contributed by atoms with Gasteiger partial charge in [0.2, 0.25) is 0 Å². The van der Waals surface area contributed by atoms with Gasteiger partial charge in [0, 0.05) is 31.5 Å². The predicted molar refractivity (Wildman–Crippen MR) is 66.0 cm³/mol. The van der Waals surface area contributed by atoms with Gasteiger partial charge in [-0.3, -0.25) is 14.5 Å². The van der Waals surface area contributed by atoms with E-state index in [1.807, 2.05) is 11.8 Å². The summed E-state index contributed by atoms with van der Waals surface area (Å²) in [5.41, 5.74) is 0.515. The van der Waals surface area contributed by atoms with E-state index >= 15 is 0 Å². The SMILES string of the molecule is CC(C(=O)c1ccc(F)cc1)N1CCC(=O)CC1. The summed E-state index contributed by atoms with van der Waals surface area (Å²) in [5, 5.41) is 0. The largest absolute Gasteiger partial charge is 0.300 e. The van der Waals surface area contributed by atoms with E-state index in [0.29, 0.717) is 31.5 Å². The van der Waals surface area contributed by atoms with Crippen molar-refractivity contribution in [2.75, 3.05) is 13.1 Å². The molecular formula is C14H16FNO2. The summed E-state index contributed by atoms with van der Waals surface area (Å²) in [6, 6.07) is 5.33. The molecule has 18 heavy (non-hydrogen) atoms. The van der Waals surface area contributed by atoms with Crippen LogP contribution < -0.4 is 0 Å². The molecule has 4 heteroatoms. The lowest BCUT2D eigenvalue weighted by atomic mass is 10.0. The Balaban J connectivity index is 2.04. The van der Waals surface area contributed by atoms with Gasteiger partial charge in [0.1, 0.15) is 11.6 Å². The highest BCUT2D eigenvalue weighted by molar-refractivity contribution is 5.99. The summed E-state index contributed by atoms with van der Waals surface area (Å²) in [5.74, 6) is -0.111. The Kier molecular flexibility index (Phi) is 3.87. The van der Waals surface area contributed by atoms with Crippen molar-refractivity contribution in [2.45, 2.75) is 25.8 Å². The minimum absolute atomic E-state index is 0.0238. The first-order chi connectivity index (χ1) is 8.58. The Hall–Kier alpha value is -1.55. The lowest BCUT2D eigenvalue weighted by molar-refractivity contribution is -0.121. The maximum Gasteiger partial charge on any atom is 0.179 e. The van der Waals surface area contributed by atoms with Gasteiger partial charge >= 0.3 is 0 Å². The molecule has 0 aliphatic carbocycles. The number of hydrogen-bond donors (Lipinski definition) is 0. The van der Waals surface area contributed by atoms with Crippen LogP contribution >= 0.6 is 0 Å². The van der Waals surface area contributed by atoms with E-state index in [0.717, 1.165) is 0 Å². The molecule has 1 aliphatic rings. The van der Waals surface area contributed by atoms with Crippen molar-refractivity contribution in [1.29, 1.82) is 0 Å². The Morgan fingerprint density at radius 1 is 1.22 bits per heavy atom. The molecule has 0 aromatic heterocycles. The summed E-state index contributed by atoms with van der Waals surface area (Å²) in [6.07, 6.45) is 1.03. The van der Waals surface area contributed by atoms with Crippen molar-refractivity contribution >= 4 is 11.6 Å². The minimum atomic E-state index is -0.345. The molecule has 0 bridgehead atoms. The van der Waals surface area contributed by atoms with Gasteiger partial charge in [-0.1, -0.05) is 0 Å². The van der Waals surface area contributed by atoms with Crippen LogP contribution in [0.4, 0.5) is 4.39 Å². The fraction of sp³-hybridized carbons (Fsp3) is 0.429. The number of nitrogens with zero attached hydrogens (tertiary/aromatic N) is 1. The quantitative estimate of drug-likeness (QED) is 0.769. The molecular weight excluding hydrogens is 233 g/mol. The first-order valence-electron chi connectivity index (χ1n) is 6.13. The zero-order valence-corrected chi connectivity index (χ0v) is 10.4. The summed E-state index contributed by atoms with van der Waals surface area (Å²) in [6.45, 7) is 3.10. The smallest absolute Gasteiger partial charge is 0.179 e. The van der Waals surface area contributed by atoms with E-state index in [9.17, 15) is 14.0 Å². The van der Waals surface area contributed by atoms with Crippen LogP contribution in [-0.2, 0) is 4.79 Å². The van der Waals surface area contributed by atoms with Crippen molar-refractivity contribution in [1.82, 2.24) is 4.90 Å². The summed E-state index contributed by atoms with van der Waals surface area (Å²) >= 11 is 0. The second-order valence-electron chi connectivity index (χ2n) is 4.62. The van der Waals surface area contributed by atoms with Gasteiger partial charge in [0.15, 0.2) is 5.78 Å². The molecule has 96 valence electrons. The highest BCUT2D eigenvalue weighted by Gasteiger charge is 2.25. The molecule has 1 aromatic rings. The summed E-state index contributed by atoms with van der Waals surface area (Å²) in [7, 11) is 0. The normalized spacial score (nSPS) is 18.7. The number of piperidine rings is 1. The molecule has 0 saturated carbocycles. The van der Waals surface area contributed by atoms with Gasteiger partial charge in [-0.15, -0.1) is 0 Å². The van der Waals surface area contributed by atoms with Crippen LogP contribution in [0.5, 0.6) is 0 Å². The number of carbonyl (C=O) groups excluding carboxylic acids is 2. The van der Waals surface area contributed by atoms with E-state index < -0.39 is 0 Å². The molecule has 3 nitrogen and oxygen atoms in total. The summed E-state index contributed by atoms with van der Waals surface area (Å²) < 4.78 is 12.8. The van der Waals surface area contributed by atoms with Crippen molar-refractivity contribution in [3.05, 3.63) is 35.6 Å². The fourth-order valence-corrected chi connectivity index (χ4v) is 2.18. The molecule has 1 unspecified atom stereocenters. The van der Waals surface area contributed by atoms with Gasteiger partial charge in [-0.2, -0.15) is 0 Å². The van der Waals surface area contributed by atoms with Crippen molar-refractivity contribution in [2.24, 2.45) is 0 Å². The van der Waals surface area contributed by atoms with Crippen LogP contribution in [-0.4, -0.2) is 35.6 Å². The average Bonchev–Trinajstić information content (AvgIpc) is 2.39. The van der Waals surface area contributed by atoms with E-state index in [4.69, 9.17) is 0 Å². The van der Waals surface area contributed by atoms with Crippen LogP contribution in [0.25, 0.3) is 0 Å². The van der Waals surface area contributed by atoms with E-state index in [1.165, 1.54) is 24.3 Å². The molecule has 2 rings (SSSR count). The zero-order valence-electron chi connectivity index (χ0n) is 10.4. The Morgan fingerprint density at radius 3 is 2.33 bits per heavy atom. The van der Waals surface area contributed by atoms with Crippen LogP contribution in [0, 0.1) is 5.82 Å². The monoisotopic (exact) mass is 249 g/mol. The average molecular weight is 249 g/mol. The lowest BCUT2D eigenvalue weighted by Crippen LogP contribution is -2.44. The number of carbonyl (C=O) groups is 2. The van der Waals surface area contributed by atoms with Gasteiger partial charge < -0.3 is 0 Å². The van der Waals surface area contributed by atoms with Crippen LogP contribution in [0.2, 0.25) is 0 Å². The number of rotatable bonds is 3. The Labute approximate surface area is 106 Å². The van der Waals surface area contributed by atoms with Crippen molar-refractivity contribution < 1.29 is 14.0 Å². The number of halogens is 1. The summed E-state index contributed by atoms with van der Waals surface area (Å²) in [4.78, 5) is 25.3. The van der Waals surface area contributed by atoms with E-state index in [-0.39, 0.29) is 23.4 Å². The highest BCUT2D eigenvalue weighted by atomic mass is 19.1. The third-order valence-corrected chi connectivity index (χ3v) is 3.41. The van der Waals surface area contributed by atoms with Crippen molar-refractivity contribution in [3.63, 3.8) is 0 Å². The fourth-order valence-electron chi connectivity index (χ4n) is 2.18. The lowest BCUT2D eigenvalue weighted by Gasteiger charge is -2.30. The maximum atomic E-state index is 12.8. The van der Waals surface area contributed by atoms with Crippen LogP contribution in [0.3, 0.4) is 0 Å². The standard InChI is InChI=1S/C14H16FNO2/c1-10(16-8-6-13(17)7-9-16)14(18)11-2-4-12(15)5-3-11/h2-5,10H,6-9H2,1H3. The molecule has 1 saturated heterocycles. The molecule has 1 fully saturated rings. The second-order valence-corrected chi connectivity index (χ2v) is 4.62. The molecule has 0 amide bonds. The third-order valence-electron chi connectivity index (χ3n) is 3.41. The second kappa shape index (κ2) is 5.40. The van der Waals surface area contributed by atoms with Gasteiger partial charge in [0.05, 0.1) is 6.04 Å². The topological polar surface area (TPSA) is 37.4 Å². The van der Waals surface area contributed by atoms with Crippen LogP contribution in [0.15, 0.2) is 24.3 Å². The maximum absolute atomic E-state index is 12.8. The number of hydrogen-bond acceptors (Lipinski definition) is 3. The number of ketones is 2. The van der Waals surface area contributed by atoms with Crippen molar-refractivity contribution in [3.8, 4) is 0 Å². The van der Waals surface area contributed by atoms with Gasteiger partial charge in [0.25, 0.3) is 0 Å². The molecule has 0 N–H and O–H groups in total. The molecule has 1 aromatic carbocycles. The first kappa shape index (κ1) is 12.9. The number of benzene rings is 1. The number of likely N-dealkylation sites (tertiary alicyclic amines) is 1. The van der Waals surface area contributed by atoms with Gasteiger partial charge in [-0.25, -0.2) is 4.39 Å². The molecule has 1 aliphatic heterocycles. The number of Topliss-reactive ketones (excluding diaryl/α,β-unsaturated/α-hetero) is 2. The van der Waals surface area contributed by atoms with Gasteiger partial charge in [-0.05, 0) is 31.2 Å². The first-order valence-corrected chi connectivity index (χ1v) is 6.13. The Morgan fingerprint density at radius 2 is 1.78 bits per heavy atom.